The molecule has 3 aromatic rings. The van der Waals surface area contributed by atoms with E-state index in [1.54, 1.807) is 17.0 Å². The number of phenols is 1. The fourth-order valence-electron chi connectivity index (χ4n) is 3.73. The minimum atomic E-state index is -0.322. The molecular formula is C21H21ClN2O3. The fraction of sp³-hybridized carbons (Fsp3) is 0.286. The molecule has 4 rings (SSSR count). The second-order valence-corrected chi connectivity index (χ2v) is 7.20. The summed E-state index contributed by atoms with van der Waals surface area (Å²) in [7, 11) is 0. The van der Waals surface area contributed by atoms with Gasteiger partial charge in [-0.05, 0) is 54.3 Å². The molecule has 27 heavy (non-hydrogen) atoms. The van der Waals surface area contributed by atoms with Gasteiger partial charge in [-0.3, -0.25) is 4.90 Å². The minimum Gasteiger partial charge on any atom is -0.508 e. The van der Waals surface area contributed by atoms with Crippen molar-refractivity contribution in [1.82, 2.24) is 9.88 Å². The van der Waals surface area contributed by atoms with E-state index < -0.39 is 0 Å². The number of hydrogen-bond donors (Lipinski definition) is 2. The van der Waals surface area contributed by atoms with Crippen molar-refractivity contribution in [1.29, 1.82) is 0 Å². The van der Waals surface area contributed by atoms with Crippen molar-refractivity contribution in [2.24, 2.45) is 0 Å². The number of carbonyl (C=O) groups excluding carboxylic acids is 1. The van der Waals surface area contributed by atoms with Crippen LogP contribution in [0, 0.1) is 0 Å². The summed E-state index contributed by atoms with van der Waals surface area (Å²) in [6.45, 7) is 2.92. The standard InChI is InChI=1S/C21H21ClN2O3/c1-2-11-27-21(26)24-10-9-16-17-12-14(22)5-8-18(17)23-19(16)20(24)13-3-6-15(25)7-4-13/h3-8,12,20,23,25H,2,9-11H2,1H3. The normalized spacial score (nSPS) is 16.4. The largest absolute Gasteiger partial charge is 0.508 e. The molecule has 1 atom stereocenters. The number of ether oxygens (including phenoxy) is 1. The van der Waals surface area contributed by atoms with E-state index in [2.05, 4.69) is 4.98 Å². The molecule has 2 heterocycles. The summed E-state index contributed by atoms with van der Waals surface area (Å²) in [6.07, 6.45) is 1.18. The van der Waals surface area contributed by atoms with Gasteiger partial charge in [0.15, 0.2) is 0 Å². The molecule has 1 unspecified atom stereocenters. The highest BCUT2D eigenvalue weighted by Gasteiger charge is 2.35. The maximum Gasteiger partial charge on any atom is 0.410 e. The molecule has 5 nitrogen and oxygen atoms in total. The molecule has 0 radical (unpaired) electrons. The zero-order valence-electron chi connectivity index (χ0n) is 15.0. The quantitative estimate of drug-likeness (QED) is 0.666. The molecule has 6 heteroatoms. The van der Waals surface area contributed by atoms with Crippen molar-refractivity contribution in [3.05, 3.63) is 64.3 Å². The number of benzene rings is 2. The van der Waals surface area contributed by atoms with Crippen LogP contribution in [-0.2, 0) is 11.2 Å². The summed E-state index contributed by atoms with van der Waals surface area (Å²) >= 11 is 6.20. The van der Waals surface area contributed by atoms with Crippen LogP contribution in [0.3, 0.4) is 0 Å². The Morgan fingerprint density at radius 3 is 2.81 bits per heavy atom. The maximum absolute atomic E-state index is 12.7. The average Bonchev–Trinajstić information content (AvgIpc) is 3.04. The van der Waals surface area contributed by atoms with Gasteiger partial charge in [-0.25, -0.2) is 4.79 Å². The van der Waals surface area contributed by atoms with Crippen LogP contribution in [0.15, 0.2) is 42.5 Å². The first kappa shape index (κ1) is 17.7. The Kier molecular flexibility index (Phi) is 4.70. The molecule has 0 saturated heterocycles. The summed E-state index contributed by atoms with van der Waals surface area (Å²) in [5, 5.41) is 11.4. The highest BCUT2D eigenvalue weighted by Crippen LogP contribution is 2.39. The number of aromatic nitrogens is 1. The Hall–Kier alpha value is -2.66. The van der Waals surface area contributed by atoms with Crippen LogP contribution >= 0.6 is 11.6 Å². The maximum atomic E-state index is 12.7. The van der Waals surface area contributed by atoms with E-state index in [1.165, 1.54) is 5.56 Å². The number of nitrogens with one attached hydrogen (secondary N) is 1. The highest BCUT2D eigenvalue weighted by atomic mass is 35.5. The number of amides is 1. The van der Waals surface area contributed by atoms with Crippen molar-refractivity contribution < 1.29 is 14.6 Å². The average molecular weight is 385 g/mol. The van der Waals surface area contributed by atoms with Crippen molar-refractivity contribution in [3.63, 3.8) is 0 Å². The monoisotopic (exact) mass is 384 g/mol. The second kappa shape index (κ2) is 7.16. The molecule has 0 saturated carbocycles. The first-order valence-electron chi connectivity index (χ1n) is 9.10. The smallest absolute Gasteiger partial charge is 0.410 e. The van der Waals surface area contributed by atoms with Crippen molar-refractivity contribution in [2.45, 2.75) is 25.8 Å². The fourth-order valence-corrected chi connectivity index (χ4v) is 3.90. The summed E-state index contributed by atoms with van der Waals surface area (Å²) in [6, 6.07) is 12.4. The zero-order valence-corrected chi connectivity index (χ0v) is 15.8. The summed E-state index contributed by atoms with van der Waals surface area (Å²) in [4.78, 5) is 17.9. The Balaban J connectivity index is 1.83. The van der Waals surface area contributed by atoms with Gasteiger partial charge in [0.2, 0.25) is 0 Å². The van der Waals surface area contributed by atoms with Gasteiger partial charge in [0.25, 0.3) is 0 Å². The van der Waals surface area contributed by atoms with E-state index in [0.717, 1.165) is 35.0 Å². The SMILES string of the molecule is CCCOC(=O)N1CCc2c([nH]c3ccc(Cl)cc23)C1c1ccc(O)cc1. The van der Waals surface area contributed by atoms with Gasteiger partial charge >= 0.3 is 6.09 Å². The Morgan fingerprint density at radius 1 is 1.30 bits per heavy atom. The first-order valence-corrected chi connectivity index (χ1v) is 9.48. The van der Waals surface area contributed by atoms with Gasteiger partial charge in [0.05, 0.1) is 6.61 Å². The summed E-state index contributed by atoms with van der Waals surface area (Å²) < 4.78 is 5.42. The van der Waals surface area contributed by atoms with E-state index in [9.17, 15) is 9.90 Å². The number of H-pyrrole nitrogens is 1. The zero-order chi connectivity index (χ0) is 19.0. The lowest BCUT2D eigenvalue weighted by Crippen LogP contribution is -2.41. The molecule has 140 valence electrons. The number of fused-ring (bicyclic) bond motifs is 3. The summed E-state index contributed by atoms with van der Waals surface area (Å²) in [5.74, 6) is 0.193. The van der Waals surface area contributed by atoms with Gasteiger partial charge in [0.1, 0.15) is 11.8 Å². The molecule has 0 aliphatic carbocycles. The predicted octanol–water partition coefficient (Wildman–Crippen LogP) is 5.02. The number of aromatic amines is 1. The molecule has 0 fully saturated rings. The lowest BCUT2D eigenvalue weighted by molar-refractivity contribution is 0.0889. The van der Waals surface area contributed by atoms with E-state index in [4.69, 9.17) is 16.3 Å². The van der Waals surface area contributed by atoms with Crippen LogP contribution in [0.4, 0.5) is 4.79 Å². The Morgan fingerprint density at radius 2 is 2.07 bits per heavy atom. The second-order valence-electron chi connectivity index (χ2n) is 6.76. The molecule has 1 aromatic heterocycles. The van der Waals surface area contributed by atoms with Gasteiger partial charge in [-0.2, -0.15) is 0 Å². The number of nitrogens with zero attached hydrogens (tertiary/aromatic N) is 1. The number of rotatable bonds is 3. The molecule has 2 aromatic carbocycles. The van der Waals surface area contributed by atoms with Gasteiger partial charge in [-0.15, -0.1) is 0 Å². The third-order valence-electron chi connectivity index (χ3n) is 4.96. The van der Waals surface area contributed by atoms with E-state index in [-0.39, 0.29) is 17.9 Å². The van der Waals surface area contributed by atoms with Crippen LogP contribution in [0.25, 0.3) is 10.9 Å². The predicted molar refractivity (Wildman–Crippen MR) is 105 cm³/mol. The number of carbonyl (C=O) groups is 1. The molecular weight excluding hydrogens is 364 g/mol. The van der Waals surface area contributed by atoms with Crippen LogP contribution in [-0.4, -0.2) is 34.2 Å². The molecule has 1 aliphatic rings. The van der Waals surface area contributed by atoms with Gasteiger partial charge in [-0.1, -0.05) is 30.7 Å². The van der Waals surface area contributed by atoms with E-state index in [1.807, 2.05) is 37.3 Å². The van der Waals surface area contributed by atoms with Crippen molar-refractivity contribution >= 4 is 28.6 Å². The number of aromatic hydroxyl groups is 1. The van der Waals surface area contributed by atoms with Crippen LogP contribution in [0.1, 0.15) is 36.2 Å². The first-order chi connectivity index (χ1) is 13.1. The summed E-state index contributed by atoms with van der Waals surface area (Å²) in [5.41, 5.74) is 4.06. The minimum absolute atomic E-state index is 0.193. The van der Waals surface area contributed by atoms with Crippen molar-refractivity contribution in [2.75, 3.05) is 13.2 Å². The lowest BCUT2D eigenvalue weighted by atomic mass is 9.92. The topological polar surface area (TPSA) is 65.6 Å². The third kappa shape index (κ3) is 3.23. The Labute approximate surface area is 162 Å². The highest BCUT2D eigenvalue weighted by molar-refractivity contribution is 6.31. The Bertz CT molecular complexity index is 981. The number of halogens is 1. The number of phenolic OH excluding ortho intramolecular Hbond substituents is 1. The van der Waals surface area contributed by atoms with Crippen LogP contribution in [0.5, 0.6) is 5.75 Å². The van der Waals surface area contributed by atoms with E-state index >= 15 is 0 Å². The molecule has 2 N–H and O–H groups in total. The molecule has 1 amide bonds. The van der Waals surface area contributed by atoms with Gasteiger partial charge in [0, 0.05) is 28.2 Å². The van der Waals surface area contributed by atoms with Crippen molar-refractivity contribution in [3.8, 4) is 5.75 Å². The van der Waals surface area contributed by atoms with Gasteiger partial charge < -0.3 is 14.8 Å². The van der Waals surface area contributed by atoms with E-state index in [0.29, 0.717) is 18.2 Å². The number of hydrogen-bond acceptors (Lipinski definition) is 3. The molecule has 1 aliphatic heterocycles. The third-order valence-corrected chi connectivity index (χ3v) is 5.20. The molecule has 0 spiro atoms. The van der Waals surface area contributed by atoms with Crippen LogP contribution < -0.4 is 0 Å². The lowest BCUT2D eigenvalue weighted by Gasteiger charge is -2.35. The molecule has 0 bridgehead atoms. The van der Waals surface area contributed by atoms with Crippen LogP contribution in [0.2, 0.25) is 5.02 Å².